The molecule has 0 saturated carbocycles. The van der Waals surface area contributed by atoms with Gasteiger partial charge < -0.3 is 15.2 Å². The molecular formula is C16H17NO3. The molecule has 2 aromatic carbocycles. The number of aliphatic hydroxyl groups excluding tert-OH is 1. The van der Waals surface area contributed by atoms with Gasteiger partial charge in [0.2, 0.25) is 5.91 Å². The van der Waals surface area contributed by atoms with Crippen LogP contribution in [0.15, 0.2) is 48.5 Å². The lowest BCUT2D eigenvalue weighted by atomic mass is 10.2. The zero-order valence-corrected chi connectivity index (χ0v) is 11.3. The van der Waals surface area contributed by atoms with E-state index in [1.54, 1.807) is 0 Å². The van der Waals surface area contributed by atoms with Crippen molar-refractivity contribution in [1.29, 1.82) is 0 Å². The third-order valence-corrected chi connectivity index (χ3v) is 2.78. The van der Waals surface area contributed by atoms with Crippen molar-refractivity contribution in [3.8, 4) is 5.75 Å². The summed E-state index contributed by atoms with van der Waals surface area (Å²) >= 11 is 0. The van der Waals surface area contributed by atoms with Gasteiger partial charge in [0.05, 0.1) is 6.61 Å². The van der Waals surface area contributed by atoms with Gasteiger partial charge >= 0.3 is 0 Å². The van der Waals surface area contributed by atoms with E-state index in [4.69, 9.17) is 4.74 Å². The average Bonchev–Trinajstić information content (AvgIpc) is 2.45. The Hall–Kier alpha value is -2.33. The quantitative estimate of drug-likeness (QED) is 0.879. The van der Waals surface area contributed by atoms with E-state index in [9.17, 15) is 9.90 Å². The molecule has 0 aliphatic rings. The van der Waals surface area contributed by atoms with E-state index in [2.05, 4.69) is 5.32 Å². The molecule has 0 bridgehead atoms. The van der Waals surface area contributed by atoms with Gasteiger partial charge in [-0.1, -0.05) is 30.3 Å². The minimum absolute atomic E-state index is 0.0535. The minimum Gasteiger partial charge on any atom is -0.489 e. The molecule has 2 N–H and O–H groups in total. The normalized spacial score (nSPS) is 10.1. The predicted molar refractivity (Wildman–Crippen MR) is 77.4 cm³/mol. The van der Waals surface area contributed by atoms with Crippen LogP contribution in [-0.2, 0) is 18.0 Å². The summed E-state index contributed by atoms with van der Waals surface area (Å²) in [5.74, 6) is 0.564. The number of para-hydroxylation sites is 1. The fraction of sp³-hybridized carbons (Fsp3) is 0.188. The fourth-order valence-electron chi connectivity index (χ4n) is 1.88. The molecule has 2 rings (SSSR count). The molecule has 1 amide bonds. The number of aliphatic hydroxyl groups is 1. The molecule has 20 heavy (non-hydrogen) atoms. The van der Waals surface area contributed by atoms with Crippen molar-refractivity contribution < 1.29 is 14.6 Å². The number of hydrogen-bond acceptors (Lipinski definition) is 3. The highest BCUT2D eigenvalue weighted by molar-refractivity contribution is 5.88. The molecule has 4 heteroatoms. The van der Waals surface area contributed by atoms with Gasteiger partial charge in [-0.05, 0) is 23.8 Å². The summed E-state index contributed by atoms with van der Waals surface area (Å²) in [5.41, 5.74) is 2.45. The molecule has 0 aliphatic heterocycles. The van der Waals surface area contributed by atoms with Gasteiger partial charge in [0.15, 0.2) is 0 Å². The molecule has 0 unspecified atom stereocenters. The van der Waals surface area contributed by atoms with E-state index in [1.165, 1.54) is 6.92 Å². The Bertz CT molecular complexity index is 596. The number of rotatable bonds is 5. The molecule has 0 radical (unpaired) electrons. The van der Waals surface area contributed by atoms with Crippen LogP contribution >= 0.6 is 0 Å². The van der Waals surface area contributed by atoms with Crippen molar-refractivity contribution in [2.75, 3.05) is 5.32 Å². The summed E-state index contributed by atoms with van der Waals surface area (Å²) in [6.07, 6.45) is 0. The van der Waals surface area contributed by atoms with Crippen LogP contribution in [0.5, 0.6) is 5.75 Å². The third-order valence-electron chi connectivity index (χ3n) is 2.78. The molecule has 0 aliphatic carbocycles. The lowest BCUT2D eigenvalue weighted by Gasteiger charge is -2.11. The molecule has 0 fully saturated rings. The SMILES string of the molecule is CC(=O)Nc1cccc(COc2ccccc2CO)c1. The van der Waals surface area contributed by atoms with E-state index in [-0.39, 0.29) is 12.5 Å². The zero-order valence-electron chi connectivity index (χ0n) is 11.3. The number of carbonyl (C=O) groups is 1. The second-order valence-corrected chi connectivity index (χ2v) is 4.44. The Morgan fingerprint density at radius 3 is 2.75 bits per heavy atom. The average molecular weight is 271 g/mol. The van der Waals surface area contributed by atoms with E-state index in [0.717, 1.165) is 16.8 Å². The van der Waals surface area contributed by atoms with Gasteiger partial charge in [0, 0.05) is 18.2 Å². The highest BCUT2D eigenvalue weighted by Gasteiger charge is 2.03. The molecule has 0 spiro atoms. The summed E-state index contributed by atoms with van der Waals surface area (Å²) in [5, 5.41) is 12.0. The van der Waals surface area contributed by atoms with Crippen molar-refractivity contribution >= 4 is 11.6 Å². The molecule has 0 saturated heterocycles. The molecule has 2 aromatic rings. The Morgan fingerprint density at radius 2 is 2.00 bits per heavy atom. The zero-order chi connectivity index (χ0) is 14.4. The maximum Gasteiger partial charge on any atom is 0.221 e. The van der Waals surface area contributed by atoms with Crippen LogP contribution in [0.3, 0.4) is 0 Å². The highest BCUT2D eigenvalue weighted by atomic mass is 16.5. The first kappa shape index (κ1) is 14.1. The standard InChI is InChI=1S/C16H17NO3/c1-12(19)17-15-7-4-5-13(9-15)11-20-16-8-3-2-6-14(16)10-18/h2-9,18H,10-11H2,1H3,(H,17,19). The van der Waals surface area contributed by atoms with Crippen LogP contribution in [-0.4, -0.2) is 11.0 Å². The maximum atomic E-state index is 11.0. The van der Waals surface area contributed by atoms with Crippen LogP contribution in [0.2, 0.25) is 0 Å². The van der Waals surface area contributed by atoms with Crippen molar-refractivity contribution in [3.63, 3.8) is 0 Å². The third kappa shape index (κ3) is 3.83. The Morgan fingerprint density at radius 1 is 1.20 bits per heavy atom. The van der Waals surface area contributed by atoms with Crippen LogP contribution in [0.1, 0.15) is 18.1 Å². The largest absolute Gasteiger partial charge is 0.489 e. The summed E-state index contributed by atoms with van der Waals surface area (Å²) < 4.78 is 5.70. The number of nitrogens with one attached hydrogen (secondary N) is 1. The van der Waals surface area contributed by atoms with Gasteiger partial charge in [-0.15, -0.1) is 0 Å². The van der Waals surface area contributed by atoms with Crippen molar-refractivity contribution in [2.24, 2.45) is 0 Å². The van der Waals surface area contributed by atoms with Crippen molar-refractivity contribution in [2.45, 2.75) is 20.1 Å². The molecule has 4 nitrogen and oxygen atoms in total. The lowest BCUT2D eigenvalue weighted by molar-refractivity contribution is -0.114. The number of benzene rings is 2. The van der Waals surface area contributed by atoms with Crippen molar-refractivity contribution in [1.82, 2.24) is 0 Å². The van der Waals surface area contributed by atoms with Crippen molar-refractivity contribution in [3.05, 3.63) is 59.7 Å². The van der Waals surface area contributed by atoms with Gasteiger partial charge in [-0.2, -0.15) is 0 Å². The van der Waals surface area contributed by atoms with E-state index in [1.807, 2.05) is 48.5 Å². The van der Waals surface area contributed by atoms with E-state index in [0.29, 0.717) is 12.4 Å². The van der Waals surface area contributed by atoms with Crippen LogP contribution < -0.4 is 10.1 Å². The molecule has 0 atom stereocenters. The Labute approximate surface area is 118 Å². The van der Waals surface area contributed by atoms with E-state index < -0.39 is 0 Å². The van der Waals surface area contributed by atoms with Gasteiger partial charge in [-0.3, -0.25) is 4.79 Å². The van der Waals surface area contributed by atoms with Gasteiger partial charge in [0.1, 0.15) is 12.4 Å². The second-order valence-electron chi connectivity index (χ2n) is 4.44. The number of carbonyl (C=O) groups excluding carboxylic acids is 1. The van der Waals surface area contributed by atoms with Crippen LogP contribution in [0.4, 0.5) is 5.69 Å². The van der Waals surface area contributed by atoms with E-state index >= 15 is 0 Å². The maximum absolute atomic E-state index is 11.0. The Balaban J connectivity index is 2.05. The first-order chi connectivity index (χ1) is 9.69. The number of ether oxygens (including phenoxy) is 1. The summed E-state index contributed by atoms with van der Waals surface area (Å²) in [6, 6.07) is 14.8. The molecule has 104 valence electrons. The topological polar surface area (TPSA) is 58.6 Å². The predicted octanol–water partition coefficient (Wildman–Crippen LogP) is 2.72. The van der Waals surface area contributed by atoms with Gasteiger partial charge in [-0.25, -0.2) is 0 Å². The molecule has 0 heterocycles. The molecule has 0 aromatic heterocycles. The summed E-state index contributed by atoms with van der Waals surface area (Å²) in [6.45, 7) is 1.80. The monoisotopic (exact) mass is 271 g/mol. The highest BCUT2D eigenvalue weighted by Crippen LogP contribution is 2.20. The number of amides is 1. The smallest absolute Gasteiger partial charge is 0.221 e. The van der Waals surface area contributed by atoms with Gasteiger partial charge in [0.25, 0.3) is 0 Å². The fourth-order valence-corrected chi connectivity index (χ4v) is 1.88. The number of hydrogen-bond donors (Lipinski definition) is 2. The minimum atomic E-state index is -0.103. The summed E-state index contributed by atoms with van der Waals surface area (Å²) in [4.78, 5) is 11.0. The Kier molecular flexibility index (Phi) is 4.74. The van der Waals surface area contributed by atoms with Crippen LogP contribution in [0.25, 0.3) is 0 Å². The lowest BCUT2D eigenvalue weighted by Crippen LogP contribution is -2.06. The number of anilines is 1. The first-order valence-electron chi connectivity index (χ1n) is 6.37. The molecular weight excluding hydrogens is 254 g/mol. The summed E-state index contributed by atoms with van der Waals surface area (Å²) in [7, 11) is 0. The van der Waals surface area contributed by atoms with Crippen LogP contribution in [0, 0.1) is 0 Å². The second kappa shape index (κ2) is 6.73. The first-order valence-corrected chi connectivity index (χ1v) is 6.37.